The molecular formula is C15H11BrClN5. The van der Waals surface area contributed by atoms with Gasteiger partial charge in [0, 0.05) is 20.8 Å². The van der Waals surface area contributed by atoms with Crippen LogP contribution in [0.15, 0.2) is 46.9 Å². The van der Waals surface area contributed by atoms with Crippen LogP contribution in [0.1, 0.15) is 0 Å². The van der Waals surface area contributed by atoms with Crippen LogP contribution in [-0.4, -0.2) is 16.2 Å². The molecule has 0 aliphatic carbocycles. The second-order valence-corrected chi connectivity index (χ2v) is 5.84. The molecule has 0 aliphatic heterocycles. The molecule has 0 bridgehead atoms. The lowest BCUT2D eigenvalue weighted by atomic mass is 10.0. The molecule has 0 unspecified atom stereocenters. The van der Waals surface area contributed by atoms with Gasteiger partial charge in [0.2, 0.25) is 0 Å². The summed E-state index contributed by atoms with van der Waals surface area (Å²) in [6.45, 7) is 0. The lowest BCUT2D eigenvalue weighted by molar-refractivity contribution is 1.06. The zero-order chi connectivity index (χ0) is 15.7. The molecule has 3 rings (SSSR count). The average molecular weight is 377 g/mol. The standard InChI is InChI=1S/C15H11BrClN5/c16-10-6-3-5-9-12(10)14(20-15(18)19)22-21-13(9)8-4-1-2-7-11(8)17/h1-7H,(H4,18,19,20,22). The Bertz CT molecular complexity index is 881. The summed E-state index contributed by atoms with van der Waals surface area (Å²) in [5.74, 6) is 0.225. The van der Waals surface area contributed by atoms with Crippen molar-refractivity contribution in [1.29, 1.82) is 5.41 Å². The topological polar surface area (TPSA) is 87.7 Å². The van der Waals surface area contributed by atoms with E-state index in [9.17, 15) is 0 Å². The summed E-state index contributed by atoms with van der Waals surface area (Å²) in [6, 6.07) is 13.2. The van der Waals surface area contributed by atoms with Crippen LogP contribution in [0.4, 0.5) is 5.82 Å². The number of anilines is 1. The van der Waals surface area contributed by atoms with E-state index in [-0.39, 0.29) is 5.96 Å². The first kappa shape index (κ1) is 14.7. The van der Waals surface area contributed by atoms with Crippen molar-refractivity contribution in [2.24, 2.45) is 5.73 Å². The maximum absolute atomic E-state index is 7.39. The first-order valence-corrected chi connectivity index (χ1v) is 7.56. The van der Waals surface area contributed by atoms with Crippen molar-refractivity contribution in [3.8, 4) is 11.3 Å². The van der Waals surface area contributed by atoms with Gasteiger partial charge in [-0.2, -0.15) is 0 Å². The third-order valence-electron chi connectivity index (χ3n) is 3.14. The number of guanidine groups is 1. The van der Waals surface area contributed by atoms with E-state index in [1.165, 1.54) is 0 Å². The molecule has 1 heterocycles. The fraction of sp³-hybridized carbons (Fsp3) is 0. The van der Waals surface area contributed by atoms with Crippen LogP contribution in [0.5, 0.6) is 0 Å². The largest absolute Gasteiger partial charge is 0.370 e. The van der Waals surface area contributed by atoms with E-state index in [2.05, 4.69) is 31.4 Å². The third kappa shape index (κ3) is 2.63. The van der Waals surface area contributed by atoms with Crippen LogP contribution in [0.2, 0.25) is 5.02 Å². The quantitative estimate of drug-likeness (QED) is 0.465. The van der Waals surface area contributed by atoms with Gasteiger partial charge in [0.25, 0.3) is 0 Å². The molecule has 4 N–H and O–H groups in total. The highest BCUT2D eigenvalue weighted by Gasteiger charge is 2.15. The van der Waals surface area contributed by atoms with Gasteiger partial charge in [0.15, 0.2) is 11.8 Å². The second kappa shape index (κ2) is 5.90. The van der Waals surface area contributed by atoms with Crippen molar-refractivity contribution < 1.29 is 0 Å². The number of halogens is 2. The van der Waals surface area contributed by atoms with Gasteiger partial charge in [-0.3, -0.25) is 5.41 Å². The van der Waals surface area contributed by atoms with Gasteiger partial charge in [0.1, 0.15) is 5.69 Å². The van der Waals surface area contributed by atoms with E-state index in [1.54, 1.807) is 0 Å². The molecule has 1 aromatic heterocycles. The van der Waals surface area contributed by atoms with Gasteiger partial charge >= 0.3 is 0 Å². The Morgan fingerprint density at radius 3 is 2.64 bits per heavy atom. The van der Waals surface area contributed by atoms with Crippen LogP contribution in [0, 0.1) is 5.41 Å². The number of benzene rings is 2. The summed E-state index contributed by atoms with van der Waals surface area (Å²) in [6.07, 6.45) is 0. The number of nitrogens with one attached hydrogen (secondary N) is 2. The van der Waals surface area contributed by atoms with E-state index in [1.807, 2.05) is 42.5 Å². The number of hydrogen-bond acceptors (Lipinski definition) is 3. The Kier molecular flexibility index (Phi) is 3.96. The normalized spacial score (nSPS) is 10.6. The van der Waals surface area contributed by atoms with Crippen LogP contribution in [0.25, 0.3) is 22.0 Å². The highest BCUT2D eigenvalue weighted by atomic mass is 79.9. The molecular weight excluding hydrogens is 366 g/mol. The second-order valence-electron chi connectivity index (χ2n) is 4.58. The van der Waals surface area contributed by atoms with Crippen LogP contribution in [0.3, 0.4) is 0 Å². The zero-order valence-electron chi connectivity index (χ0n) is 11.3. The summed E-state index contributed by atoms with van der Waals surface area (Å²) in [7, 11) is 0. The number of nitrogens with zero attached hydrogens (tertiary/aromatic N) is 2. The Balaban J connectivity index is 2.33. The molecule has 2 aromatic carbocycles. The smallest absolute Gasteiger partial charge is 0.191 e. The predicted octanol–water partition coefficient (Wildman–Crippen LogP) is 4.02. The molecule has 0 spiro atoms. The first-order chi connectivity index (χ1) is 10.6. The van der Waals surface area contributed by atoms with Crippen LogP contribution < -0.4 is 11.1 Å². The summed E-state index contributed by atoms with van der Waals surface area (Å²) < 4.78 is 0.831. The molecule has 0 fully saturated rings. The molecule has 5 nitrogen and oxygen atoms in total. The van der Waals surface area contributed by atoms with Crippen LogP contribution in [-0.2, 0) is 0 Å². The Hall–Kier alpha value is -2.18. The lowest BCUT2D eigenvalue weighted by Gasteiger charge is -2.12. The highest BCUT2D eigenvalue weighted by molar-refractivity contribution is 9.10. The van der Waals surface area contributed by atoms with Gasteiger partial charge < -0.3 is 11.1 Å². The first-order valence-electron chi connectivity index (χ1n) is 6.39. The van der Waals surface area contributed by atoms with E-state index < -0.39 is 0 Å². The molecule has 110 valence electrons. The monoisotopic (exact) mass is 375 g/mol. The summed E-state index contributed by atoms with van der Waals surface area (Å²) >= 11 is 9.78. The minimum atomic E-state index is -0.197. The van der Waals surface area contributed by atoms with Crippen molar-refractivity contribution in [1.82, 2.24) is 10.2 Å². The number of hydrogen-bond donors (Lipinski definition) is 3. The van der Waals surface area contributed by atoms with Crippen molar-refractivity contribution in [2.45, 2.75) is 0 Å². The molecule has 0 radical (unpaired) electrons. The van der Waals surface area contributed by atoms with E-state index in [0.717, 1.165) is 20.8 Å². The molecule has 7 heteroatoms. The molecule has 0 saturated heterocycles. The number of fused-ring (bicyclic) bond motifs is 1. The fourth-order valence-electron chi connectivity index (χ4n) is 2.23. The minimum absolute atomic E-state index is 0.197. The predicted molar refractivity (Wildman–Crippen MR) is 93.2 cm³/mol. The summed E-state index contributed by atoms with van der Waals surface area (Å²) in [4.78, 5) is 0. The van der Waals surface area contributed by atoms with Gasteiger partial charge in [-0.05, 0) is 12.1 Å². The van der Waals surface area contributed by atoms with E-state index in [0.29, 0.717) is 16.5 Å². The number of aromatic nitrogens is 2. The molecule has 3 aromatic rings. The minimum Gasteiger partial charge on any atom is -0.370 e. The Labute approximate surface area is 140 Å². The molecule has 0 saturated carbocycles. The highest BCUT2D eigenvalue weighted by Crippen LogP contribution is 2.36. The Morgan fingerprint density at radius 2 is 1.91 bits per heavy atom. The molecule has 22 heavy (non-hydrogen) atoms. The van der Waals surface area contributed by atoms with Crippen LogP contribution >= 0.6 is 27.5 Å². The van der Waals surface area contributed by atoms with Gasteiger partial charge in [-0.15, -0.1) is 10.2 Å². The summed E-state index contributed by atoms with van der Waals surface area (Å²) in [5, 5.41) is 20.8. The molecule has 0 aliphatic rings. The van der Waals surface area contributed by atoms with Gasteiger partial charge in [-0.1, -0.05) is 57.9 Å². The number of rotatable bonds is 2. The van der Waals surface area contributed by atoms with Crippen molar-refractivity contribution in [3.05, 3.63) is 52.0 Å². The maximum Gasteiger partial charge on any atom is 0.191 e. The zero-order valence-corrected chi connectivity index (χ0v) is 13.6. The van der Waals surface area contributed by atoms with Crippen molar-refractivity contribution in [3.63, 3.8) is 0 Å². The fourth-order valence-corrected chi connectivity index (χ4v) is 3.01. The van der Waals surface area contributed by atoms with E-state index in [4.69, 9.17) is 22.7 Å². The van der Waals surface area contributed by atoms with E-state index >= 15 is 0 Å². The average Bonchev–Trinajstić information content (AvgIpc) is 2.48. The molecule has 0 amide bonds. The maximum atomic E-state index is 7.39. The summed E-state index contributed by atoms with van der Waals surface area (Å²) in [5.41, 5.74) is 6.88. The van der Waals surface area contributed by atoms with Gasteiger partial charge in [0.05, 0.1) is 5.02 Å². The Morgan fingerprint density at radius 1 is 1.14 bits per heavy atom. The third-order valence-corrected chi connectivity index (χ3v) is 4.13. The number of nitrogens with two attached hydrogens (primary N) is 1. The SMILES string of the molecule is N=C(N)Nc1nnc(-c2ccccc2Cl)c2cccc(Br)c12. The van der Waals surface area contributed by atoms with Gasteiger partial charge in [-0.25, -0.2) is 0 Å². The molecule has 0 atom stereocenters. The van der Waals surface area contributed by atoms with Crippen molar-refractivity contribution in [2.75, 3.05) is 5.32 Å². The lowest BCUT2D eigenvalue weighted by Crippen LogP contribution is -2.21. The van der Waals surface area contributed by atoms with Crippen molar-refractivity contribution >= 4 is 50.1 Å².